The molecule has 1 nitrogen and oxygen atoms in total. The van der Waals surface area contributed by atoms with Gasteiger partial charge in [-0.25, -0.2) is 0 Å². The smallest absolute Gasteiger partial charge is 0.0485 e. The van der Waals surface area contributed by atoms with Gasteiger partial charge in [-0.15, -0.1) is 0 Å². The van der Waals surface area contributed by atoms with E-state index in [4.69, 9.17) is 16.6 Å². The molecule has 0 radical (unpaired) electrons. The zero-order valence-corrected chi connectivity index (χ0v) is 14.5. The van der Waals surface area contributed by atoms with Crippen molar-refractivity contribution in [3.8, 4) is 11.1 Å². The average molecular weight is 302 g/mol. The van der Waals surface area contributed by atoms with Crippen LogP contribution in [0, 0.1) is 6.92 Å². The van der Waals surface area contributed by atoms with Crippen LogP contribution in [0.1, 0.15) is 57.5 Å². The van der Waals surface area contributed by atoms with Crippen LogP contribution in [0.3, 0.4) is 0 Å². The Morgan fingerprint density at radius 3 is 2.19 bits per heavy atom. The maximum absolute atomic E-state index is 6.43. The molecule has 0 aliphatic rings. The first-order chi connectivity index (χ1) is 9.70. The van der Waals surface area contributed by atoms with Gasteiger partial charge in [0.05, 0.1) is 0 Å². The lowest BCUT2D eigenvalue weighted by molar-refractivity contribution is 0.590. The molecule has 21 heavy (non-hydrogen) atoms. The van der Waals surface area contributed by atoms with Crippen LogP contribution in [-0.2, 0) is 5.41 Å². The van der Waals surface area contributed by atoms with Gasteiger partial charge in [-0.05, 0) is 42.0 Å². The summed E-state index contributed by atoms with van der Waals surface area (Å²) in [6.07, 6.45) is 0. The molecule has 2 heteroatoms. The van der Waals surface area contributed by atoms with Crippen molar-refractivity contribution < 1.29 is 0 Å². The van der Waals surface area contributed by atoms with E-state index in [1.807, 2.05) is 6.07 Å². The van der Waals surface area contributed by atoms with E-state index >= 15 is 0 Å². The fourth-order valence-electron chi connectivity index (χ4n) is 2.38. The predicted octanol–water partition coefficient (Wildman–Crippen LogP) is 6.13. The van der Waals surface area contributed by atoms with Gasteiger partial charge in [0.2, 0.25) is 0 Å². The standard InChI is InChI=1S/C19H24ClN/c1-12(2)18-10-8-15(13(3)21-18)16-11-14(19(4,5)6)7-9-17(16)20/h7-12H,1-6H3. The van der Waals surface area contributed by atoms with Crippen molar-refractivity contribution in [2.45, 2.75) is 52.9 Å². The second kappa shape index (κ2) is 5.81. The van der Waals surface area contributed by atoms with Crippen LogP contribution in [0.5, 0.6) is 0 Å². The fraction of sp³-hybridized carbons (Fsp3) is 0.421. The number of aryl methyl sites for hydroxylation is 1. The minimum absolute atomic E-state index is 0.110. The van der Waals surface area contributed by atoms with Crippen LogP contribution in [0.4, 0.5) is 0 Å². The molecule has 1 aromatic carbocycles. The average Bonchev–Trinajstić information content (AvgIpc) is 2.38. The number of hydrogen-bond acceptors (Lipinski definition) is 1. The van der Waals surface area contributed by atoms with Gasteiger partial charge in [0.25, 0.3) is 0 Å². The first-order valence-corrected chi connectivity index (χ1v) is 7.86. The van der Waals surface area contributed by atoms with Gasteiger partial charge in [-0.2, -0.15) is 0 Å². The van der Waals surface area contributed by atoms with Crippen molar-refractivity contribution >= 4 is 11.6 Å². The van der Waals surface area contributed by atoms with Crippen molar-refractivity contribution in [2.75, 3.05) is 0 Å². The third-order valence-corrected chi connectivity index (χ3v) is 4.15. The first-order valence-electron chi connectivity index (χ1n) is 7.48. The van der Waals surface area contributed by atoms with Crippen molar-refractivity contribution in [2.24, 2.45) is 0 Å². The van der Waals surface area contributed by atoms with E-state index in [0.717, 1.165) is 27.5 Å². The van der Waals surface area contributed by atoms with E-state index in [1.54, 1.807) is 0 Å². The largest absolute Gasteiger partial charge is 0.257 e. The van der Waals surface area contributed by atoms with Gasteiger partial charge in [-0.3, -0.25) is 4.98 Å². The Balaban J connectivity index is 2.56. The molecule has 0 amide bonds. The highest BCUT2D eigenvalue weighted by molar-refractivity contribution is 6.33. The molecule has 0 fully saturated rings. The number of hydrogen-bond donors (Lipinski definition) is 0. The maximum atomic E-state index is 6.43. The van der Waals surface area contributed by atoms with E-state index in [9.17, 15) is 0 Å². The zero-order valence-electron chi connectivity index (χ0n) is 13.8. The van der Waals surface area contributed by atoms with E-state index in [2.05, 4.69) is 65.8 Å². The molecule has 1 heterocycles. The van der Waals surface area contributed by atoms with Crippen molar-refractivity contribution in [1.82, 2.24) is 4.98 Å². The molecule has 2 rings (SSSR count). The quantitative estimate of drug-likeness (QED) is 0.650. The van der Waals surface area contributed by atoms with Crippen molar-refractivity contribution in [3.63, 3.8) is 0 Å². The summed E-state index contributed by atoms with van der Waals surface area (Å²) >= 11 is 6.43. The molecule has 112 valence electrons. The van der Waals surface area contributed by atoms with Gasteiger partial charge >= 0.3 is 0 Å². The summed E-state index contributed by atoms with van der Waals surface area (Å²) in [4.78, 5) is 4.72. The molecule has 0 N–H and O–H groups in total. The van der Waals surface area contributed by atoms with E-state index in [0.29, 0.717) is 5.92 Å². The van der Waals surface area contributed by atoms with Gasteiger partial charge < -0.3 is 0 Å². The molecule has 2 aromatic rings. The SMILES string of the molecule is Cc1nc(C(C)C)ccc1-c1cc(C(C)(C)C)ccc1Cl. The molecule has 0 bridgehead atoms. The van der Waals surface area contributed by atoms with Crippen LogP contribution >= 0.6 is 11.6 Å². The molecule has 0 saturated heterocycles. The summed E-state index contributed by atoms with van der Waals surface area (Å²) in [7, 11) is 0. The topological polar surface area (TPSA) is 12.9 Å². The molecular weight excluding hydrogens is 278 g/mol. The minimum atomic E-state index is 0.110. The van der Waals surface area contributed by atoms with Crippen LogP contribution in [0.2, 0.25) is 5.02 Å². The summed E-state index contributed by atoms with van der Waals surface area (Å²) in [6, 6.07) is 10.5. The number of pyridine rings is 1. The molecule has 0 saturated carbocycles. The van der Waals surface area contributed by atoms with Crippen LogP contribution < -0.4 is 0 Å². The monoisotopic (exact) mass is 301 g/mol. The molecular formula is C19H24ClN. The minimum Gasteiger partial charge on any atom is -0.257 e. The normalized spacial score (nSPS) is 12.0. The van der Waals surface area contributed by atoms with Gasteiger partial charge in [0.15, 0.2) is 0 Å². The van der Waals surface area contributed by atoms with Gasteiger partial charge in [-0.1, -0.05) is 58.4 Å². The van der Waals surface area contributed by atoms with Gasteiger partial charge in [0, 0.05) is 27.5 Å². The Morgan fingerprint density at radius 1 is 1.00 bits per heavy atom. The molecule has 0 spiro atoms. The molecule has 0 unspecified atom stereocenters. The van der Waals surface area contributed by atoms with Gasteiger partial charge in [0.1, 0.15) is 0 Å². The molecule has 0 atom stereocenters. The maximum Gasteiger partial charge on any atom is 0.0485 e. The Bertz CT molecular complexity index is 651. The molecule has 0 aliphatic carbocycles. The molecule has 0 aliphatic heterocycles. The lowest BCUT2D eigenvalue weighted by Gasteiger charge is -2.21. The first kappa shape index (κ1) is 16.0. The Morgan fingerprint density at radius 2 is 1.67 bits per heavy atom. The summed E-state index contributed by atoms with van der Waals surface area (Å²) in [5.74, 6) is 0.439. The van der Waals surface area contributed by atoms with Crippen molar-refractivity contribution in [1.29, 1.82) is 0 Å². The highest BCUT2D eigenvalue weighted by Crippen LogP contribution is 2.34. The number of rotatable bonds is 2. The molecule has 1 aromatic heterocycles. The number of nitrogens with zero attached hydrogens (tertiary/aromatic N) is 1. The van der Waals surface area contributed by atoms with Crippen LogP contribution in [0.25, 0.3) is 11.1 Å². The Kier molecular flexibility index (Phi) is 4.43. The third kappa shape index (κ3) is 3.47. The Hall–Kier alpha value is -1.34. The number of halogens is 1. The number of aromatic nitrogens is 1. The second-order valence-corrected chi connectivity index (χ2v) is 7.38. The van der Waals surface area contributed by atoms with E-state index in [-0.39, 0.29) is 5.41 Å². The lowest BCUT2D eigenvalue weighted by Crippen LogP contribution is -2.11. The van der Waals surface area contributed by atoms with Crippen molar-refractivity contribution in [3.05, 3.63) is 52.3 Å². The highest BCUT2D eigenvalue weighted by atomic mass is 35.5. The fourth-order valence-corrected chi connectivity index (χ4v) is 2.60. The van der Waals surface area contributed by atoms with Crippen LogP contribution in [0.15, 0.2) is 30.3 Å². The summed E-state index contributed by atoms with van der Waals surface area (Å²) in [5, 5.41) is 0.783. The zero-order chi connectivity index (χ0) is 15.8. The third-order valence-electron chi connectivity index (χ3n) is 3.82. The van der Waals surface area contributed by atoms with E-state index < -0.39 is 0 Å². The highest BCUT2D eigenvalue weighted by Gasteiger charge is 2.17. The summed E-state index contributed by atoms with van der Waals surface area (Å²) in [6.45, 7) is 13.0. The Labute approximate surface area is 133 Å². The summed E-state index contributed by atoms with van der Waals surface area (Å²) < 4.78 is 0. The number of benzene rings is 1. The predicted molar refractivity (Wildman–Crippen MR) is 92.2 cm³/mol. The lowest BCUT2D eigenvalue weighted by atomic mass is 9.85. The second-order valence-electron chi connectivity index (χ2n) is 6.97. The summed E-state index contributed by atoms with van der Waals surface area (Å²) in [5.41, 5.74) is 5.75. The van der Waals surface area contributed by atoms with Crippen LogP contribution in [-0.4, -0.2) is 4.98 Å². The van der Waals surface area contributed by atoms with E-state index in [1.165, 1.54) is 5.56 Å².